The molecule has 2 heterocycles. The predicted octanol–water partition coefficient (Wildman–Crippen LogP) is 2.66. The van der Waals surface area contributed by atoms with E-state index >= 15 is 0 Å². The largest absolute Gasteiger partial charge is 0.497 e. The number of primary sulfonamides is 1. The lowest BCUT2D eigenvalue weighted by molar-refractivity contribution is 0.415. The number of ether oxygens (including phenoxy) is 1. The number of imidazole rings is 1. The molecule has 29 heavy (non-hydrogen) atoms. The molecule has 2 aromatic carbocycles. The molecule has 0 saturated heterocycles. The van der Waals surface area contributed by atoms with Gasteiger partial charge >= 0.3 is 0 Å². The number of methoxy groups -OCH3 is 1. The summed E-state index contributed by atoms with van der Waals surface area (Å²) in [6, 6.07) is 17.8. The Hall–Kier alpha value is -3.43. The van der Waals surface area contributed by atoms with Crippen molar-refractivity contribution in [2.45, 2.75) is 11.4 Å². The van der Waals surface area contributed by atoms with Crippen LogP contribution in [0.3, 0.4) is 0 Å². The minimum atomic E-state index is -3.69. The second kappa shape index (κ2) is 7.53. The highest BCUT2D eigenvalue weighted by Crippen LogP contribution is 2.24. The zero-order valence-corrected chi connectivity index (χ0v) is 16.4. The molecular formula is C20H19N5O3S. The molecule has 9 heteroatoms. The minimum Gasteiger partial charge on any atom is -0.497 e. The van der Waals surface area contributed by atoms with Crippen LogP contribution in [0.5, 0.6) is 5.75 Å². The molecule has 0 unspecified atom stereocenters. The monoisotopic (exact) mass is 409 g/mol. The van der Waals surface area contributed by atoms with E-state index < -0.39 is 10.0 Å². The van der Waals surface area contributed by atoms with Gasteiger partial charge in [0.05, 0.1) is 23.9 Å². The van der Waals surface area contributed by atoms with E-state index in [1.807, 2.05) is 36.4 Å². The maximum absolute atomic E-state index is 11.3. The third-order valence-electron chi connectivity index (χ3n) is 4.45. The van der Waals surface area contributed by atoms with E-state index in [4.69, 9.17) is 9.88 Å². The summed E-state index contributed by atoms with van der Waals surface area (Å²) in [4.78, 5) is 4.49. The third kappa shape index (κ3) is 4.05. The van der Waals surface area contributed by atoms with Gasteiger partial charge in [-0.25, -0.2) is 23.1 Å². The SMILES string of the molecule is COc1cccc(-c2cnc3ccc(NCc4ccc(S(N)(=O)=O)cc4)nn23)c1. The first-order valence-electron chi connectivity index (χ1n) is 8.79. The van der Waals surface area contributed by atoms with E-state index in [1.54, 1.807) is 30.0 Å². The fraction of sp³-hybridized carbons (Fsp3) is 0.100. The van der Waals surface area contributed by atoms with E-state index in [-0.39, 0.29) is 4.90 Å². The van der Waals surface area contributed by atoms with Gasteiger partial charge < -0.3 is 10.1 Å². The number of anilines is 1. The Morgan fingerprint density at radius 3 is 2.62 bits per heavy atom. The van der Waals surface area contributed by atoms with Crippen LogP contribution in [0.2, 0.25) is 0 Å². The lowest BCUT2D eigenvalue weighted by atomic mass is 10.1. The Morgan fingerprint density at radius 1 is 1.10 bits per heavy atom. The van der Waals surface area contributed by atoms with Crippen LogP contribution < -0.4 is 15.2 Å². The molecule has 0 amide bonds. The fourth-order valence-corrected chi connectivity index (χ4v) is 3.45. The number of fused-ring (bicyclic) bond motifs is 1. The molecule has 0 atom stereocenters. The van der Waals surface area contributed by atoms with Crippen molar-refractivity contribution < 1.29 is 13.2 Å². The second-order valence-electron chi connectivity index (χ2n) is 6.41. The normalized spacial score (nSPS) is 11.5. The van der Waals surface area contributed by atoms with Gasteiger partial charge in [0.1, 0.15) is 11.6 Å². The van der Waals surface area contributed by atoms with Gasteiger partial charge in [0, 0.05) is 12.1 Å². The summed E-state index contributed by atoms with van der Waals surface area (Å²) in [6.45, 7) is 0.479. The first-order valence-corrected chi connectivity index (χ1v) is 10.3. The first-order chi connectivity index (χ1) is 13.9. The number of nitrogens with zero attached hydrogens (tertiary/aromatic N) is 3. The van der Waals surface area contributed by atoms with Crippen LogP contribution >= 0.6 is 0 Å². The van der Waals surface area contributed by atoms with Crippen LogP contribution in [-0.2, 0) is 16.6 Å². The zero-order chi connectivity index (χ0) is 20.4. The van der Waals surface area contributed by atoms with Crippen molar-refractivity contribution in [2.75, 3.05) is 12.4 Å². The van der Waals surface area contributed by atoms with Crippen molar-refractivity contribution in [3.63, 3.8) is 0 Å². The van der Waals surface area contributed by atoms with Crippen LogP contribution in [0.15, 0.2) is 71.8 Å². The summed E-state index contributed by atoms with van der Waals surface area (Å²) in [5.41, 5.74) is 3.42. The number of hydrogen-bond donors (Lipinski definition) is 2. The Labute approximate surface area is 168 Å². The summed E-state index contributed by atoms with van der Waals surface area (Å²) in [5.74, 6) is 1.42. The van der Waals surface area contributed by atoms with Crippen LogP contribution in [0.1, 0.15) is 5.56 Å². The smallest absolute Gasteiger partial charge is 0.238 e. The Kier molecular flexibility index (Phi) is 4.91. The Morgan fingerprint density at radius 2 is 1.90 bits per heavy atom. The number of aromatic nitrogens is 3. The highest BCUT2D eigenvalue weighted by molar-refractivity contribution is 7.89. The van der Waals surface area contributed by atoms with Crippen molar-refractivity contribution >= 4 is 21.5 Å². The van der Waals surface area contributed by atoms with Crippen molar-refractivity contribution in [2.24, 2.45) is 5.14 Å². The second-order valence-corrected chi connectivity index (χ2v) is 7.97. The third-order valence-corrected chi connectivity index (χ3v) is 5.38. The van der Waals surface area contributed by atoms with Gasteiger partial charge in [-0.3, -0.25) is 0 Å². The highest BCUT2D eigenvalue weighted by atomic mass is 32.2. The zero-order valence-electron chi connectivity index (χ0n) is 15.6. The molecule has 0 aliphatic heterocycles. The number of rotatable bonds is 6. The maximum atomic E-state index is 11.3. The molecule has 0 aliphatic carbocycles. The molecule has 0 aliphatic rings. The fourth-order valence-electron chi connectivity index (χ4n) is 2.94. The van der Waals surface area contributed by atoms with Crippen molar-refractivity contribution in [3.05, 3.63) is 72.4 Å². The van der Waals surface area contributed by atoms with Crippen LogP contribution in [-0.4, -0.2) is 30.1 Å². The molecule has 3 N–H and O–H groups in total. The molecule has 4 aromatic rings. The summed E-state index contributed by atoms with van der Waals surface area (Å²) >= 11 is 0. The van der Waals surface area contributed by atoms with Crippen molar-refractivity contribution in [1.29, 1.82) is 0 Å². The van der Waals surface area contributed by atoms with Gasteiger partial charge in [0.2, 0.25) is 10.0 Å². The topological polar surface area (TPSA) is 112 Å². The minimum absolute atomic E-state index is 0.0853. The molecule has 2 aromatic heterocycles. The first kappa shape index (κ1) is 18.9. The lowest BCUT2D eigenvalue weighted by Gasteiger charge is -2.08. The molecule has 0 spiro atoms. The molecule has 148 valence electrons. The average molecular weight is 409 g/mol. The standard InChI is InChI=1S/C20H19N5O3S/c1-28-16-4-2-3-15(11-16)18-13-23-20-10-9-19(24-25(18)20)22-12-14-5-7-17(8-6-14)29(21,26)27/h2-11,13H,12H2,1H3,(H,22,24)(H2,21,26,27). The van der Waals surface area contributed by atoms with Gasteiger partial charge in [-0.1, -0.05) is 24.3 Å². The number of benzene rings is 2. The highest BCUT2D eigenvalue weighted by Gasteiger charge is 2.10. The van der Waals surface area contributed by atoms with E-state index in [2.05, 4.69) is 15.4 Å². The number of hydrogen-bond acceptors (Lipinski definition) is 6. The van der Waals surface area contributed by atoms with E-state index in [9.17, 15) is 8.42 Å². The van der Waals surface area contributed by atoms with Gasteiger partial charge in [-0.15, -0.1) is 5.10 Å². The molecule has 0 radical (unpaired) electrons. The van der Waals surface area contributed by atoms with Gasteiger partial charge in [-0.2, -0.15) is 0 Å². The molecular weight excluding hydrogens is 390 g/mol. The maximum Gasteiger partial charge on any atom is 0.238 e. The molecule has 0 saturated carbocycles. The number of nitrogens with one attached hydrogen (secondary N) is 1. The summed E-state index contributed by atoms with van der Waals surface area (Å²) in [7, 11) is -2.06. The van der Waals surface area contributed by atoms with Crippen LogP contribution in [0.25, 0.3) is 16.9 Å². The van der Waals surface area contributed by atoms with Crippen LogP contribution in [0, 0.1) is 0 Å². The van der Waals surface area contributed by atoms with Crippen LogP contribution in [0.4, 0.5) is 5.82 Å². The van der Waals surface area contributed by atoms with E-state index in [0.29, 0.717) is 12.4 Å². The van der Waals surface area contributed by atoms with E-state index in [1.165, 1.54) is 12.1 Å². The predicted molar refractivity (Wildman–Crippen MR) is 110 cm³/mol. The van der Waals surface area contributed by atoms with Crippen molar-refractivity contribution in [3.8, 4) is 17.0 Å². The molecule has 0 bridgehead atoms. The summed E-state index contributed by atoms with van der Waals surface area (Å²) < 4.78 is 29.8. The van der Waals surface area contributed by atoms with Crippen molar-refractivity contribution in [1.82, 2.24) is 14.6 Å². The quantitative estimate of drug-likeness (QED) is 0.506. The number of nitrogens with two attached hydrogens (primary N) is 1. The summed E-state index contributed by atoms with van der Waals surface area (Å²) in [5, 5.41) is 13.0. The average Bonchev–Trinajstić information content (AvgIpc) is 3.15. The Bertz CT molecular complexity index is 1270. The summed E-state index contributed by atoms with van der Waals surface area (Å²) in [6.07, 6.45) is 1.77. The van der Waals surface area contributed by atoms with Gasteiger partial charge in [0.15, 0.2) is 5.65 Å². The number of sulfonamides is 1. The molecule has 8 nitrogen and oxygen atoms in total. The van der Waals surface area contributed by atoms with E-state index in [0.717, 1.165) is 28.2 Å². The van der Waals surface area contributed by atoms with Gasteiger partial charge in [-0.05, 0) is 42.0 Å². The molecule has 0 fully saturated rings. The molecule has 4 rings (SSSR count). The Balaban J connectivity index is 1.57. The lowest BCUT2D eigenvalue weighted by Crippen LogP contribution is -2.12. The van der Waals surface area contributed by atoms with Gasteiger partial charge in [0.25, 0.3) is 0 Å².